The topological polar surface area (TPSA) is 71.5 Å². The maximum absolute atomic E-state index is 12.7. The van der Waals surface area contributed by atoms with E-state index >= 15 is 0 Å². The zero-order valence-electron chi connectivity index (χ0n) is 15.0. The summed E-state index contributed by atoms with van der Waals surface area (Å²) in [5.41, 5.74) is 1.20. The van der Waals surface area contributed by atoms with Crippen molar-refractivity contribution < 1.29 is 13.2 Å². The van der Waals surface area contributed by atoms with Crippen molar-refractivity contribution in [1.29, 1.82) is 0 Å². The zero-order valence-corrected chi connectivity index (χ0v) is 15.8. The lowest BCUT2D eigenvalue weighted by atomic mass is 10.0. The number of ether oxygens (including phenoxy) is 1. The van der Waals surface area contributed by atoms with Gasteiger partial charge in [0.05, 0.1) is 19.3 Å². The average Bonchev–Trinajstić information content (AvgIpc) is 2.69. The van der Waals surface area contributed by atoms with Crippen LogP contribution in [0.4, 0.5) is 5.82 Å². The number of hydrogen-bond donors (Lipinski definition) is 1. The number of hydrogen-bond acceptors (Lipinski definition) is 5. The second-order valence-electron chi connectivity index (χ2n) is 6.29. The predicted octanol–water partition coefficient (Wildman–Crippen LogP) is 3.06. The van der Waals surface area contributed by atoms with Gasteiger partial charge in [-0.3, -0.25) is 0 Å². The number of aromatic nitrogens is 1. The molecule has 0 saturated carbocycles. The fourth-order valence-corrected chi connectivity index (χ4v) is 4.38. The Kier molecular flexibility index (Phi) is 6.24. The van der Waals surface area contributed by atoms with Crippen LogP contribution in [0.2, 0.25) is 0 Å². The molecule has 1 atom stereocenters. The molecule has 1 aromatic heterocycles. The standard InChI is InChI=1S/C19H25N3O3S/c1-2-6-18(16-7-4-3-5-8-16)21-19-10-9-17(15-20-19)26(23,24)22-11-13-25-14-12-22/h3-5,7-10,15,18H,2,6,11-14H2,1H3,(H,20,21)/t18-/m0/s1. The van der Waals surface area contributed by atoms with Crippen molar-refractivity contribution in [1.82, 2.24) is 9.29 Å². The maximum atomic E-state index is 12.7. The summed E-state index contributed by atoms with van der Waals surface area (Å²) < 4.78 is 32.0. The molecule has 1 aliphatic rings. The van der Waals surface area contributed by atoms with Gasteiger partial charge in [-0.05, 0) is 24.1 Å². The lowest BCUT2D eigenvalue weighted by Gasteiger charge is -2.26. The molecule has 1 aliphatic heterocycles. The lowest BCUT2D eigenvalue weighted by Crippen LogP contribution is -2.40. The minimum atomic E-state index is -3.51. The normalized spacial score (nSPS) is 17.0. The number of rotatable bonds is 7. The molecule has 1 fully saturated rings. The van der Waals surface area contributed by atoms with E-state index in [1.807, 2.05) is 18.2 Å². The van der Waals surface area contributed by atoms with Crippen molar-refractivity contribution in [2.75, 3.05) is 31.6 Å². The minimum absolute atomic E-state index is 0.149. The summed E-state index contributed by atoms with van der Waals surface area (Å²) in [4.78, 5) is 4.56. The van der Waals surface area contributed by atoms with E-state index < -0.39 is 10.0 Å². The van der Waals surface area contributed by atoms with Gasteiger partial charge >= 0.3 is 0 Å². The van der Waals surface area contributed by atoms with E-state index in [1.165, 1.54) is 16.1 Å². The van der Waals surface area contributed by atoms with Crippen LogP contribution >= 0.6 is 0 Å². The Labute approximate surface area is 155 Å². The molecule has 1 aromatic carbocycles. The molecular weight excluding hydrogens is 350 g/mol. The summed E-state index contributed by atoms with van der Waals surface area (Å²) >= 11 is 0. The predicted molar refractivity (Wildman–Crippen MR) is 102 cm³/mol. The van der Waals surface area contributed by atoms with Crippen LogP contribution in [-0.2, 0) is 14.8 Å². The van der Waals surface area contributed by atoms with Crippen LogP contribution < -0.4 is 5.32 Å². The number of nitrogens with zero attached hydrogens (tertiary/aromatic N) is 2. The minimum Gasteiger partial charge on any atom is -0.379 e. The molecule has 6 nitrogen and oxygen atoms in total. The number of pyridine rings is 1. The molecule has 0 spiro atoms. The molecule has 0 unspecified atom stereocenters. The van der Waals surface area contributed by atoms with Gasteiger partial charge in [-0.25, -0.2) is 13.4 Å². The fraction of sp³-hybridized carbons (Fsp3) is 0.421. The number of morpholine rings is 1. The van der Waals surface area contributed by atoms with E-state index in [0.717, 1.165) is 12.8 Å². The van der Waals surface area contributed by atoms with E-state index in [-0.39, 0.29) is 10.9 Å². The Morgan fingerprint density at radius 1 is 1.15 bits per heavy atom. The first kappa shape index (κ1) is 18.8. The maximum Gasteiger partial charge on any atom is 0.244 e. The monoisotopic (exact) mass is 375 g/mol. The van der Waals surface area contributed by atoms with Gasteiger partial charge in [0.25, 0.3) is 0 Å². The van der Waals surface area contributed by atoms with Gasteiger partial charge in [-0.15, -0.1) is 0 Å². The third-order valence-corrected chi connectivity index (χ3v) is 6.33. The Morgan fingerprint density at radius 2 is 1.88 bits per heavy atom. The molecular formula is C19H25N3O3S. The van der Waals surface area contributed by atoms with Gasteiger partial charge in [-0.2, -0.15) is 4.31 Å². The number of sulfonamides is 1. The first-order chi connectivity index (χ1) is 12.6. The highest BCUT2D eigenvalue weighted by Gasteiger charge is 2.26. The summed E-state index contributed by atoms with van der Waals surface area (Å²) in [6.45, 7) is 3.77. The van der Waals surface area contributed by atoms with Gasteiger partial charge in [0.1, 0.15) is 10.7 Å². The Bertz CT molecular complexity index is 789. The third kappa shape index (κ3) is 4.41. The van der Waals surface area contributed by atoms with Crippen LogP contribution in [0.1, 0.15) is 31.4 Å². The number of nitrogens with one attached hydrogen (secondary N) is 1. The first-order valence-electron chi connectivity index (χ1n) is 8.96. The highest BCUT2D eigenvalue weighted by Crippen LogP contribution is 2.24. The van der Waals surface area contributed by atoms with Crippen molar-refractivity contribution in [3.05, 3.63) is 54.2 Å². The Hall–Kier alpha value is -1.96. The second-order valence-corrected chi connectivity index (χ2v) is 8.23. The van der Waals surface area contributed by atoms with Gasteiger partial charge < -0.3 is 10.1 Å². The fourth-order valence-electron chi connectivity index (χ4n) is 3.03. The number of anilines is 1. The van der Waals surface area contributed by atoms with Gasteiger partial charge in [-0.1, -0.05) is 43.7 Å². The van der Waals surface area contributed by atoms with Gasteiger partial charge in [0.15, 0.2) is 0 Å². The summed E-state index contributed by atoms with van der Waals surface area (Å²) in [5, 5.41) is 3.41. The summed E-state index contributed by atoms with van der Waals surface area (Å²) in [7, 11) is -3.51. The Balaban J connectivity index is 1.74. The van der Waals surface area contributed by atoms with Crippen molar-refractivity contribution in [2.45, 2.75) is 30.7 Å². The van der Waals surface area contributed by atoms with Crippen LogP contribution in [0.25, 0.3) is 0 Å². The molecule has 26 heavy (non-hydrogen) atoms. The highest BCUT2D eigenvalue weighted by molar-refractivity contribution is 7.89. The van der Waals surface area contributed by atoms with Crippen LogP contribution in [0.5, 0.6) is 0 Å². The average molecular weight is 375 g/mol. The summed E-state index contributed by atoms with van der Waals surface area (Å²) in [6, 6.07) is 13.7. The molecule has 7 heteroatoms. The quantitative estimate of drug-likeness (QED) is 0.805. The van der Waals surface area contributed by atoms with Crippen molar-refractivity contribution >= 4 is 15.8 Å². The van der Waals surface area contributed by atoms with E-state index in [1.54, 1.807) is 12.1 Å². The molecule has 2 aromatic rings. The highest BCUT2D eigenvalue weighted by atomic mass is 32.2. The van der Waals surface area contributed by atoms with Crippen LogP contribution in [-0.4, -0.2) is 44.0 Å². The van der Waals surface area contributed by atoms with Gasteiger partial charge in [0, 0.05) is 19.3 Å². The van der Waals surface area contributed by atoms with Gasteiger partial charge in [0.2, 0.25) is 10.0 Å². The van der Waals surface area contributed by atoms with E-state index in [2.05, 4.69) is 29.4 Å². The Morgan fingerprint density at radius 3 is 2.50 bits per heavy atom. The third-order valence-electron chi connectivity index (χ3n) is 4.45. The van der Waals surface area contributed by atoms with Crippen molar-refractivity contribution in [3.63, 3.8) is 0 Å². The largest absolute Gasteiger partial charge is 0.379 e. The van der Waals surface area contributed by atoms with E-state index in [4.69, 9.17) is 4.74 Å². The van der Waals surface area contributed by atoms with Crippen LogP contribution in [0.3, 0.4) is 0 Å². The molecule has 0 bridgehead atoms. The smallest absolute Gasteiger partial charge is 0.244 e. The molecule has 1 saturated heterocycles. The zero-order chi connectivity index (χ0) is 18.4. The first-order valence-corrected chi connectivity index (χ1v) is 10.4. The van der Waals surface area contributed by atoms with Crippen molar-refractivity contribution in [3.8, 4) is 0 Å². The molecule has 2 heterocycles. The van der Waals surface area contributed by atoms with Crippen molar-refractivity contribution in [2.24, 2.45) is 0 Å². The molecule has 0 amide bonds. The van der Waals surface area contributed by atoms with E-state index in [9.17, 15) is 8.42 Å². The van der Waals surface area contributed by atoms with E-state index in [0.29, 0.717) is 32.1 Å². The molecule has 0 aliphatic carbocycles. The molecule has 140 valence electrons. The molecule has 0 radical (unpaired) electrons. The molecule has 1 N–H and O–H groups in total. The summed E-state index contributed by atoms with van der Waals surface area (Å²) in [6.07, 6.45) is 3.44. The molecule has 3 rings (SSSR count). The number of benzene rings is 1. The lowest BCUT2D eigenvalue weighted by molar-refractivity contribution is 0.0730. The SMILES string of the molecule is CCC[C@H](Nc1ccc(S(=O)(=O)N2CCOCC2)cn1)c1ccccc1. The van der Waals surface area contributed by atoms with Crippen LogP contribution in [0.15, 0.2) is 53.6 Å². The second kappa shape index (κ2) is 8.62. The van der Waals surface area contributed by atoms with Crippen LogP contribution in [0, 0.1) is 0 Å². The summed E-state index contributed by atoms with van der Waals surface area (Å²) in [5.74, 6) is 0.674.